The smallest absolute Gasteiger partial charge is 0.311 e. The Kier molecular flexibility index (Phi) is 4.66. The lowest BCUT2D eigenvalue weighted by molar-refractivity contribution is -0.155. The summed E-state index contributed by atoms with van der Waals surface area (Å²) in [6.07, 6.45) is 2.93. The van der Waals surface area contributed by atoms with Gasteiger partial charge in [-0.15, -0.1) is 23.5 Å². The van der Waals surface area contributed by atoms with Crippen molar-refractivity contribution in [2.75, 3.05) is 25.2 Å². The van der Waals surface area contributed by atoms with Crippen LogP contribution in [0.1, 0.15) is 26.2 Å². The first kappa shape index (κ1) is 13.6. The van der Waals surface area contributed by atoms with E-state index < -0.39 is 0 Å². The molecule has 0 radical (unpaired) electrons. The van der Waals surface area contributed by atoms with E-state index in [1.165, 1.54) is 7.11 Å². The molecule has 0 amide bonds. The molecule has 0 unspecified atom stereocenters. The van der Waals surface area contributed by atoms with E-state index in [0.717, 1.165) is 37.4 Å². The molecule has 0 saturated carbocycles. The molecular weight excluding hydrogens is 256 g/mol. The van der Waals surface area contributed by atoms with Crippen LogP contribution in [0.5, 0.6) is 0 Å². The summed E-state index contributed by atoms with van der Waals surface area (Å²) in [7, 11) is 1.47. The predicted molar refractivity (Wildman–Crippen MR) is 72.4 cm³/mol. The number of hydrogen-bond donors (Lipinski definition) is 0. The number of carbonyl (C=O) groups is 1. The van der Waals surface area contributed by atoms with Gasteiger partial charge in [-0.2, -0.15) is 0 Å². The molecule has 98 valence electrons. The molecular formula is C12H20O3S2. The molecule has 0 aromatic carbocycles. The van der Waals surface area contributed by atoms with Gasteiger partial charge in [-0.1, -0.05) is 6.92 Å². The van der Waals surface area contributed by atoms with Crippen molar-refractivity contribution in [2.24, 2.45) is 5.92 Å². The Bertz CT molecular complexity index is 277. The minimum Gasteiger partial charge on any atom is -0.469 e. The Morgan fingerprint density at radius 2 is 2.18 bits per heavy atom. The molecule has 0 bridgehead atoms. The van der Waals surface area contributed by atoms with Crippen LogP contribution in [0, 0.1) is 5.92 Å². The van der Waals surface area contributed by atoms with Gasteiger partial charge in [-0.3, -0.25) is 4.79 Å². The third kappa shape index (κ3) is 2.61. The van der Waals surface area contributed by atoms with Gasteiger partial charge in [-0.05, 0) is 19.3 Å². The molecule has 2 heterocycles. The van der Waals surface area contributed by atoms with Crippen molar-refractivity contribution in [3.63, 3.8) is 0 Å². The average Bonchev–Trinajstić information content (AvgIpc) is 2.88. The highest BCUT2D eigenvalue weighted by molar-refractivity contribution is 8.21. The van der Waals surface area contributed by atoms with Crippen molar-refractivity contribution < 1.29 is 14.3 Å². The van der Waals surface area contributed by atoms with Crippen LogP contribution < -0.4 is 0 Å². The van der Waals surface area contributed by atoms with E-state index in [2.05, 4.69) is 6.92 Å². The normalized spacial score (nSPS) is 32.4. The quantitative estimate of drug-likeness (QED) is 0.740. The van der Waals surface area contributed by atoms with Crippen LogP contribution in [0.4, 0.5) is 0 Å². The lowest BCUT2D eigenvalue weighted by atomic mass is 9.91. The van der Waals surface area contributed by atoms with Crippen molar-refractivity contribution in [3.8, 4) is 0 Å². The third-order valence-electron chi connectivity index (χ3n) is 3.53. The van der Waals surface area contributed by atoms with Crippen LogP contribution in [0.2, 0.25) is 0 Å². The summed E-state index contributed by atoms with van der Waals surface area (Å²) in [4.78, 5) is 11.9. The van der Waals surface area contributed by atoms with Crippen LogP contribution in [0.25, 0.3) is 0 Å². The molecule has 0 N–H and O–H groups in total. The first-order valence-corrected chi connectivity index (χ1v) is 8.18. The zero-order chi connectivity index (χ0) is 12.3. The largest absolute Gasteiger partial charge is 0.469 e. The maximum absolute atomic E-state index is 11.9. The van der Waals surface area contributed by atoms with E-state index >= 15 is 0 Å². The molecule has 2 aliphatic rings. The minimum atomic E-state index is -0.101. The molecule has 0 aromatic rings. The fourth-order valence-corrected chi connectivity index (χ4v) is 6.04. The fourth-order valence-electron chi connectivity index (χ4n) is 2.65. The van der Waals surface area contributed by atoms with Gasteiger partial charge in [-0.25, -0.2) is 0 Å². The summed E-state index contributed by atoms with van der Waals surface area (Å²) in [5, 5.41) is 0. The number of hydrogen-bond acceptors (Lipinski definition) is 5. The summed E-state index contributed by atoms with van der Waals surface area (Å²) in [5.41, 5.74) is 0. The molecule has 0 aromatic heterocycles. The highest BCUT2D eigenvalue weighted by atomic mass is 32.2. The molecule has 2 fully saturated rings. The lowest BCUT2D eigenvalue weighted by Crippen LogP contribution is -2.47. The predicted octanol–water partition coefficient (Wildman–Crippen LogP) is 2.54. The second kappa shape index (κ2) is 5.85. The SMILES string of the molecule is CCC1([C@@H]2OCCC[C@H]2C(=O)OC)SCCS1. The summed E-state index contributed by atoms with van der Waals surface area (Å²) >= 11 is 3.92. The van der Waals surface area contributed by atoms with Crippen LogP contribution in [0.15, 0.2) is 0 Å². The summed E-state index contributed by atoms with van der Waals surface area (Å²) < 4.78 is 10.9. The van der Waals surface area contributed by atoms with Crippen LogP contribution in [0.3, 0.4) is 0 Å². The van der Waals surface area contributed by atoms with Crippen LogP contribution >= 0.6 is 23.5 Å². The van der Waals surface area contributed by atoms with Crippen molar-refractivity contribution >= 4 is 29.5 Å². The maximum atomic E-state index is 11.9. The first-order chi connectivity index (χ1) is 8.23. The van der Waals surface area contributed by atoms with E-state index in [-0.39, 0.29) is 22.1 Å². The zero-order valence-corrected chi connectivity index (χ0v) is 12.1. The van der Waals surface area contributed by atoms with Crippen molar-refractivity contribution in [2.45, 2.75) is 36.4 Å². The second-order valence-corrected chi connectivity index (χ2v) is 7.53. The molecule has 3 nitrogen and oxygen atoms in total. The molecule has 2 rings (SSSR count). The standard InChI is InChI=1S/C12H20O3S2/c1-3-12(16-7-8-17-12)10-9(11(13)14-2)5-4-6-15-10/h9-10H,3-8H2,1-2H3/t9-,10-/m1/s1. The molecule has 5 heteroatoms. The number of ether oxygens (including phenoxy) is 2. The second-order valence-electron chi connectivity index (χ2n) is 4.43. The Balaban J connectivity index is 2.17. The summed E-state index contributed by atoms with van der Waals surface area (Å²) in [6, 6.07) is 0. The van der Waals surface area contributed by atoms with Gasteiger partial charge in [0, 0.05) is 18.1 Å². The fraction of sp³-hybridized carbons (Fsp3) is 0.917. The highest BCUT2D eigenvalue weighted by Gasteiger charge is 2.49. The molecule has 17 heavy (non-hydrogen) atoms. The van der Waals surface area contributed by atoms with Gasteiger partial charge in [0.2, 0.25) is 0 Å². The molecule has 0 spiro atoms. The van der Waals surface area contributed by atoms with E-state index in [0.29, 0.717) is 0 Å². The first-order valence-electron chi connectivity index (χ1n) is 6.21. The Morgan fingerprint density at radius 1 is 1.47 bits per heavy atom. The van der Waals surface area contributed by atoms with Crippen molar-refractivity contribution in [1.82, 2.24) is 0 Å². The molecule has 2 saturated heterocycles. The Labute approximate surface area is 111 Å². The van der Waals surface area contributed by atoms with Gasteiger partial charge >= 0.3 is 5.97 Å². The average molecular weight is 276 g/mol. The van der Waals surface area contributed by atoms with E-state index in [9.17, 15) is 4.79 Å². The highest BCUT2D eigenvalue weighted by Crippen LogP contribution is 2.52. The lowest BCUT2D eigenvalue weighted by Gasteiger charge is -2.41. The van der Waals surface area contributed by atoms with Gasteiger partial charge in [0.25, 0.3) is 0 Å². The number of methoxy groups -OCH3 is 1. The van der Waals surface area contributed by atoms with E-state index in [1.54, 1.807) is 0 Å². The van der Waals surface area contributed by atoms with Gasteiger partial charge < -0.3 is 9.47 Å². The Hall–Kier alpha value is 0.130. The van der Waals surface area contributed by atoms with Crippen molar-refractivity contribution in [3.05, 3.63) is 0 Å². The van der Waals surface area contributed by atoms with Crippen LogP contribution in [-0.2, 0) is 14.3 Å². The van der Waals surface area contributed by atoms with Crippen molar-refractivity contribution in [1.29, 1.82) is 0 Å². The third-order valence-corrected chi connectivity index (χ3v) is 7.33. The van der Waals surface area contributed by atoms with E-state index in [4.69, 9.17) is 9.47 Å². The van der Waals surface area contributed by atoms with Gasteiger partial charge in [0.15, 0.2) is 0 Å². The maximum Gasteiger partial charge on any atom is 0.311 e. The van der Waals surface area contributed by atoms with Gasteiger partial charge in [0.05, 0.1) is 23.2 Å². The van der Waals surface area contributed by atoms with Gasteiger partial charge in [0.1, 0.15) is 0 Å². The van der Waals surface area contributed by atoms with Crippen LogP contribution in [-0.4, -0.2) is 41.4 Å². The summed E-state index contributed by atoms with van der Waals surface area (Å²) in [6.45, 7) is 2.97. The number of thioether (sulfide) groups is 2. The zero-order valence-electron chi connectivity index (χ0n) is 10.4. The summed E-state index contributed by atoms with van der Waals surface area (Å²) in [5.74, 6) is 2.14. The molecule has 2 aliphatic heterocycles. The topological polar surface area (TPSA) is 35.5 Å². The minimum absolute atomic E-state index is 0.0196. The molecule has 0 aliphatic carbocycles. The number of carbonyl (C=O) groups excluding carboxylic acids is 1. The Morgan fingerprint density at radius 3 is 2.76 bits per heavy atom. The number of rotatable bonds is 3. The number of esters is 1. The molecule has 2 atom stereocenters. The van der Waals surface area contributed by atoms with E-state index in [1.807, 2.05) is 23.5 Å². The monoisotopic (exact) mass is 276 g/mol.